The third-order valence-electron chi connectivity index (χ3n) is 2.78. The number of nitrogens with one attached hydrogen (secondary N) is 1. The van der Waals surface area contributed by atoms with Crippen LogP contribution in [0.2, 0.25) is 0 Å². The molecule has 0 aliphatic carbocycles. The molecule has 2 atom stereocenters. The molecule has 2 saturated heterocycles. The zero-order chi connectivity index (χ0) is 7.90. The Labute approximate surface area is 66.1 Å². The van der Waals surface area contributed by atoms with Crippen LogP contribution in [-0.2, 0) is 4.79 Å². The van der Waals surface area contributed by atoms with Gasteiger partial charge in [0.05, 0.1) is 5.54 Å². The van der Waals surface area contributed by atoms with E-state index in [2.05, 4.69) is 17.3 Å². The van der Waals surface area contributed by atoms with Gasteiger partial charge in [-0.1, -0.05) is 0 Å². The van der Waals surface area contributed by atoms with Crippen LogP contribution in [0.25, 0.3) is 0 Å². The van der Waals surface area contributed by atoms with Gasteiger partial charge < -0.3 is 5.32 Å². The molecule has 0 amide bonds. The van der Waals surface area contributed by atoms with Crippen molar-refractivity contribution in [2.45, 2.75) is 18.0 Å². The molecule has 2 rings (SSSR count). The number of likely N-dealkylation sites (N-methyl/N-ethyl adjacent to an activating group) is 1. The lowest BCUT2D eigenvalue weighted by molar-refractivity contribution is 0.257. The maximum absolute atomic E-state index is 10.2. The number of hydrogen-bond acceptors (Lipinski definition) is 3. The van der Waals surface area contributed by atoms with Crippen molar-refractivity contribution in [3.8, 4) is 0 Å². The molecule has 0 aromatic carbocycles. The van der Waals surface area contributed by atoms with Gasteiger partial charge >= 0.3 is 0 Å². The molecule has 3 nitrogen and oxygen atoms in total. The van der Waals surface area contributed by atoms with E-state index in [0.717, 1.165) is 19.5 Å². The topological polar surface area (TPSA) is 32.3 Å². The second-order valence-corrected chi connectivity index (χ2v) is 3.57. The van der Waals surface area contributed by atoms with E-state index in [4.69, 9.17) is 0 Å². The van der Waals surface area contributed by atoms with Crippen molar-refractivity contribution in [2.75, 3.05) is 20.1 Å². The van der Waals surface area contributed by atoms with E-state index in [1.165, 1.54) is 0 Å². The Balaban J connectivity index is 2.23. The van der Waals surface area contributed by atoms with Gasteiger partial charge in [0.2, 0.25) is 0 Å². The van der Waals surface area contributed by atoms with Gasteiger partial charge in [-0.3, -0.25) is 4.90 Å². The molecule has 2 heterocycles. The molecule has 3 heteroatoms. The molecule has 2 fully saturated rings. The quantitative estimate of drug-likeness (QED) is 0.510. The minimum Gasteiger partial charge on any atom is -0.305 e. The minimum absolute atomic E-state index is 0.0405. The predicted molar refractivity (Wildman–Crippen MR) is 42.0 cm³/mol. The van der Waals surface area contributed by atoms with E-state index in [1.54, 1.807) is 6.08 Å². The van der Waals surface area contributed by atoms with Gasteiger partial charge in [-0.05, 0) is 13.5 Å². The maximum atomic E-state index is 10.2. The van der Waals surface area contributed by atoms with Crippen molar-refractivity contribution in [3.63, 3.8) is 0 Å². The van der Waals surface area contributed by atoms with E-state index in [9.17, 15) is 4.79 Å². The zero-order valence-electron chi connectivity index (χ0n) is 6.63. The van der Waals surface area contributed by atoms with Crippen molar-refractivity contribution < 1.29 is 4.79 Å². The van der Waals surface area contributed by atoms with E-state index < -0.39 is 0 Å². The largest absolute Gasteiger partial charge is 0.305 e. The van der Waals surface area contributed by atoms with Crippen molar-refractivity contribution in [2.24, 2.45) is 0 Å². The molecule has 0 aromatic heterocycles. The number of nitrogens with zero attached hydrogens (tertiary/aromatic N) is 1. The summed E-state index contributed by atoms with van der Waals surface area (Å²) in [5.41, 5.74) is -0.0405. The highest BCUT2D eigenvalue weighted by Gasteiger charge is 2.46. The highest BCUT2D eigenvalue weighted by Crippen LogP contribution is 2.31. The van der Waals surface area contributed by atoms with Crippen molar-refractivity contribution >= 4 is 5.94 Å². The molecule has 2 aliphatic heterocycles. The summed E-state index contributed by atoms with van der Waals surface area (Å²) in [5, 5.41) is 3.34. The molecule has 2 aliphatic rings. The number of likely N-dealkylation sites (tertiary alicyclic amines) is 1. The summed E-state index contributed by atoms with van der Waals surface area (Å²) < 4.78 is 0. The highest BCUT2D eigenvalue weighted by atomic mass is 16.1. The molecule has 2 unspecified atom stereocenters. The Hall–Kier alpha value is -0.630. The van der Waals surface area contributed by atoms with E-state index in [0.29, 0.717) is 6.04 Å². The molecule has 0 spiro atoms. The highest BCUT2D eigenvalue weighted by molar-refractivity contribution is 5.50. The fraction of sp³-hybridized carbons (Fsp3) is 0.750. The fourth-order valence-corrected chi connectivity index (χ4v) is 2.16. The van der Waals surface area contributed by atoms with Gasteiger partial charge in [0.15, 0.2) is 0 Å². The molecular weight excluding hydrogens is 140 g/mol. The summed E-state index contributed by atoms with van der Waals surface area (Å²) in [6, 6.07) is 0.625. The van der Waals surface area contributed by atoms with Gasteiger partial charge in [0, 0.05) is 25.2 Å². The molecule has 0 radical (unpaired) electrons. The van der Waals surface area contributed by atoms with Crippen LogP contribution in [0, 0.1) is 0 Å². The number of carbonyl (C=O) groups excluding carboxylic acids is 1. The van der Waals surface area contributed by atoms with E-state index in [-0.39, 0.29) is 5.54 Å². The summed E-state index contributed by atoms with van der Waals surface area (Å²) in [6.07, 6.45) is 2.70. The molecule has 0 aromatic rings. The Kier molecular flexibility index (Phi) is 1.39. The van der Waals surface area contributed by atoms with Gasteiger partial charge in [-0.25, -0.2) is 4.79 Å². The van der Waals surface area contributed by atoms with Crippen molar-refractivity contribution in [3.05, 3.63) is 6.08 Å². The summed E-state index contributed by atoms with van der Waals surface area (Å²) in [6.45, 7) is 1.96. The molecule has 1 N–H and O–H groups in total. The normalized spacial score (nSPS) is 42.5. The first-order chi connectivity index (χ1) is 5.26. The summed E-state index contributed by atoms with van der Waals surface area (Å²) in [5.74, 6) is 1.88. The average molecular weight is 152 g/mol. The second-order valence-electron chi connectivity index (χ2n) is 3.57. The van der Waals surface area contributed by atoms with Crippen LogP contribution in [0.3, 0.4) is 0 Å². The SMILES string of the molecule is CN1CC2(C=C=O)CC1CN2. The predicted octanol–water partition coefficient (Wildman–Crippen LogP) is -0.580. The molecule has 2 bridgehead atoms. The third kappa shape index (κ3) is 0.932. The summed E-state index contributed by atoms with van der Waals surface area (Å²) in [7, 11) is 2.10. The molecular formula is C8H12N2O. The minimum atomic E-state index is -0.0405. The van der Waals surface area contributed by atoms with Gasteiger partial charge in [-0.2, -0.15) is 0 Å². The zero-order valence-corrected chi connectivity index (χ0v) is 6.63. The van der Waals surface area contributed by atoms with Crippen LogP contribution in [-0.4, -0.2) is 42.6 Å². The Morgan fingerprint density at radius 2 is 2.64 bits per heavy atom. The van der Waals surface area contributed by atoms with Crippen molar-refractivity contribution in [1.29, 1.82) is 0 Å². The van der Waals surface area contributed by atoms with Gasteiger partial charge in [0.25, 0.3) is 0 Å². The maximum Gasteiger partial charge on any atom is 0.122 e. The van der Waals surface area contributed by atoms with Gasteiger partial charge in [0.1, 0.15) is 5.94 Å². The first-order valence-electron chi connectivity index (χ1n) is 3.93. The Morgan fingerprint density at radius 1 is 1.82 bits per heavy atom. The lowest BCUT2D eigenvalue weighted by Gasteiger charge is -2.27. The monoisotopic (exact) mass is 152 g/mol. The standard InChI is InChI=1S/C8H12N2O/c1-10-6-8(2-3-11)4-7(10)5-9-8/h2,7,9H,4-6H2,1H3. The molecule has 11 heavy (non-hydrogen) atoms. The number of piperazine rings is 1. The van der Waals surface area contributed by atoms with E-state index in [1.807, 2.05) is 5.94 Å². The van der Waals surface area contributed by atoms with E-state index >= 15 is 0 Å². The van der Waals surface area contributed by atoms with Crippen molar-refractivity contribution in [1.82, 2.24) is 10.2 Å². The number of rotatable bonds is 1. The van der Waals surface area contributed by atoms with Crippen LogP contribution in [0.15, 0.2) is 6.08 Å². The first kappa shape index (κ1) is 7.04. The number of hydrogen-bond donors (Lipinski definition) is 1. The summed E-state index contributed by atoms with van der Waals surface area (Å²) >= 11 is 0. The third-order valence-corrected chi connectivity index (χ3v) is 2.78. The van der Waals surface area contributed by atoms with Crippen LogP contribution in [0.5, 0.6) is 0 Å². The molecule has 0 saturated carbocycles. The first-order valence-corrected chi connectivity index (χ1v) is 3.93. The Bertz CT molecular complexity index is 218. The van der Waals surface area contributed by atoms with Crippen LogP contribution < -0.4 is 5.32 Å². The smallest absolute Gasteiger partial charge is 0.122 e. The lowest BCUT2D eigenvalue weighted by atomic mass is 10.0. The second kappa shape index (κ2) is 2.18. The van der Waals surface area contributed by atoms with Crippen LogP contribution in [0.1, 0.15) is 6.42 Å². The van der Waals surface area contributed by atoms with Crippen LogP contribution >= 0.6 is 0 Å². The summed E-state index contributed by atoms with van der Waals surface area (Å²) in [4.78, 5) is 12.5. The molecule has 60 valence electrons. The average Bonchev–Trinajstić information content (AvgIpc) is 2.44. The number of fused-ring (bicyclic) bond motifs is 2. The Morgan fingerprint density at radius 3 is 3.09 bits per heavy atom. The fourth-order valence-electron chi connectivity index (χ4n) is 2.16. The lowest BCUT2D eigenvalue weighted by Crippen LogP contribution is -2.49. The van der Waals surface area contributed by atoms with Crippen LogP contribution in [0.4, 0.5) is 0 Å². The van der Waals surface area contributed by atoms with Gasteiger partial charge in [-0.15, -0.1) is 0 Å².